The van der Waals surface area contributed by atoms with Crippen LogP contribution in [0.25, 0.3) is 104 Å². The molecule has 8 aromatic carbocycles. The Kier molecular flexibility index (Phi) is 7.68. The van der Waals surface area contributed by atoms with Gasteiger partial charge >= 0.3 is 0 Å². The van der Waals surface area contributed by atoms with E-state index in [4.69, 9.17) is 9.97 Å². The van der Waals surface area contributed by atoms with Crippen LogP contribution in [-0.2, 0) is 0 Å². The van der Waals surface area contributed by atoms with Gasteiger partial charge in [0.05, 0.1) is 33.7 Å². The molecule has 56 heavy (non-hydrogen) atoms. The van der Waals surface area contributed by atoms with Crippen molar-refractivity contribution in [3.05, 3.63) is 200 Å². The molecule has 0 amide bonds. The maximum Gasteiger partial charge on any atom is 0.163 e. The van der Waals surface area contributed by atoms with Gasteiger partial charge in [-0.2, -0.15) is 0 Å². The minimum Gasteiger partial charge on any atom is -0.308 e. The normalized spacial score (nSPS) is 11.6. The van der Waals surface area contributed by atoms with Crippen LogP contribution >= 0.6 is 11.3 Å². The Hall–Kier alpha value is -7.14. The molecule has 0 atom stereocenters. The van der Waals surface area contributed by atoms with Crippen molar-refractivity contribution in [2.45, 2.75) is 0 Å². The number of benzene rings is 8. The van der Waals surface area contributed by atoms with E-state index < -0.39 is 0 Å². The Bertz CT molecular complexity index is 3160. The van der Waals surface area contributed by atoms with Crippen LogP contribution in [0.3, 0.4) is 0 Å². The maximum absolute atomic E-state index is 5.46. The summed E-state index contributed by atoms with van der Waals surface area (Å²) in [5.41, 5.74) is 12.9. The Morgan fingerprint density at radius 1 is 0.393 bits per heavy atom. The predicted molar refractivity (Wildman–Crippen MR) is 236 cm³/mol. The molecule has 0 saturated heterocycles. The van der Waals surface area contributed by atoms with Gasteiger partial charge < -0.3 is 4.57 Å². The van der Waals surface area contributed by atoms with Crippen molar-refractivity contribution in [3.63, 3.8) is 0 Å². The topological polar surface area (TPSA) is 30.7 Å². The zero-order valence-corrected chi connectivity index (χ0v) is 31.1. The van der Waals surface area contributed by atoms with E-state index >= 15 is 0 Å². The van der Waals surface area contributed by atoms with Gasteiger partial charge in [0.1, 0.15) is 0 Å². The summed E-state index contributed by atoms with van der Waals surface area (Å²) in [6.07, 6.45) is 0. The Morgan fingerprint density at radius 3 is 1.61 bits per heavy atom. The molecule has 0 radical (unpaired) electrons. The lowest BCUT2D eigenvalue weighted by Crippen LogP contribution is -2.02. The van der Waals surface area contributed by atoms with E-state index in [1.807, 2.05) is 11.3 Å². The van der Waals surface area contributed by atoms with E-state index in [1.165, 1.54) is 53.2 Å². The van der Waals surface area contributed by atoms with Crippen LogP contribution in [0.15, 0.2) is 200 Å². The summed E-state index contributed by atoms with van der Waals surface area (Å²) in [6, 6.07) is 71.4. The van der Waals surface area contributed by atoms with Crippen LogP contribution in [0.4, 0.5) is 0 Å². The van der Waals surface area contributed by atoms with Crippen LogP contribution in [-0.4, -0.2) is 14.5 Å². The molecular formula is C52H33N3S. The zero-order valence-electron chi connectivity index (χ0n) is 30.3. The fraction of sp³-hybridized carbons (Fsp3) is 0. The molecule has 3 heterocycles. The quantitative estimate of drug-likeness (QED) is 0.170. The van der Waals surface area contributed by atoms with E-state index in [-0.39, 0.29) is 0 Å². The molecule has 0 fully saturated rings. The first-order valence-corrected chi connectivity index (χ1v) is 19.7. The van der Waals surface area contributed by atoms with Gasteiger partial charge in [0.15, 0.2) is 5.82 Å². The van der Waals surface area contributed by atoms with Gasteiger partial charge in [-0.25, -0.2) is 9.97 Å². The van der Waals surface area contributed by atoms with Crippen LogP contribution in [0.5, 0.6) is 0 Å². The summed E-state index contributed by atoms with van der Waals surface area (Å²) in [5.74, 6) is 0.700. The third-order valence-electron chi connectivity index (χ3n) is 10.8. The van der Waals surface area contributed by atoms with Gasteiger partial charge in [0.25, 0.3) is 0 Å². The van der Waals surface area contributed by atoms with Crippen molar-refractivity contribution < 1.29 is 0 Å². The second-order valence-corrected chi connectivity index (χ2v) is 15.2. The van der Waals surface area contributed by atoms with E-state index in [1.54, 1.807) is 0 Å². The molecule has 0 unspecified atom stereocenters. The molecule has 4 heteroatoms. The van der Waals surface area contributed by atoms with E-state index in [0.29, 0.717) is 5.82 Å². The Labute approximate surface area is 328 Å². The van der Waals surface area contributed by atoms with Crippen molar-refractivity contribution in [3.8, 4) is 61.8 Å². The largest absolute Gasteiger partial charge is 0.308 e. The maximum atomic E-state index is 5.46. The first-order chi connectivity index (χ1) is 27.8. The van der Waals surface area contributed by atoms with Crippen molar-refractivity contribution >= 4 is 53.3 Å². The minimum absolute atomic E-state index is 0.700. The van der Waals surface area contributed by atoms with Gasteiger partial charge in [0, 0.05) is 42.1 Å². The molecule has 0 aliphatic carbocycles. The molecule has 0 saturated carbocycles. The summed E-state index contributed by atoms with van der Waals surface area (Å²) in [4.78, 5) is 10.9. The van der Waals surface area contributed by atoms with Crippen molar-refractivity contribution in [1.29, 1.82) is 0 Å². The van der Waals surface area contributed by atoms with Gasteiger partial charge in [-0.15, -0.1) is 11.3 Å². The lowest BCUT2D eigenvalue weighted by molar-refractivity contribution is 1.15. The third-order valence-corrected chi connectivity index (χ3v) is 12.0. The molecule has 3 nitrogen and oxygen atoms in total. The molecule has 0 bridgehead atoms. The molecular weight excluding hydrogens is 699 g/mol. The van der Waals surface area contributed by atoms with Crippen LogP contribution in [0.1, 0.15) is 0 Å². The average Bonchev–Trinajstić information content (AvgIpc) is 3.82. The summed E-state index contributed by atoms with van der Waals surface area (Å²) in [6.45, 7) is 0. The highest BCUT2D eigenvalue weighted by molar-refractivity contribution is 7.26. The predicted octanol–water partition coefficient (Wildman–Crippen LogP) is 14.3. The van der Waals surface area contributed by atoms with Crippen molar-refractivity contribution in [2.75, 3.05) is 0 Å². The lowest BCUT2D eigenvalue weighted by atomic mass is 9.94. The van der Waals surface area contributed by atoms with Gasteiger partial charge in [-0.05, 0) is 58.7 Å². The van der Waals surface area contributed by atoms with E-state index in [0.717, 1.165) is 44.8 Å². The van der Waals surface area contributed by atoms with Crippen LogP contribution < -0.4 is 0 Å². The number of fused-ring (bicyclic) bond motifs is 6. The van der Waals surface area contributed by atoms with Gasteiger partial charge in [-0.1, -0.05) is 164 Å². The number of hydrogen-bond donors (Lipinski definition) is 0. The highest BCUT2D eigenvalue weighted by Gasteiger charge is 2.24. The van der Waals surface area contributed by atoms with Crippen LogP contribution in [0, 0.1) is 0 Å². The fourth-order valence-corrected chi connectivity index (χ4v) is 9.49. The lowest BCUT2D eigenvalue weighted by Gasteiger charge is -2.17. The fourth-order valence-electron chi connectivity index (χ4n) is 8.25. The van der Waals surface area contributed by atoms with Crippen LogP contribution in [0.2, 0.25) is 0 Å². The number of thiophene rings is 1. The molecule has 3 aromatic heterocycles. The van der Waals surface area contributed by atoms with Crippen molar-refractivity contribution in [1.82, 2.24) is 14.5 Å². The average molecular weight is 732 g/mol. The molecule has 0 spiro atoms. The van der Waals surface area contributed by atoms with E-state index in [2.05, 4.69) is 205 Å². The first-order valence-electron chi connectivity index (χ1n) is 18.9. The molecule has 262 valence electrons. The van der Waals surface area contributed by atoms with E-state index in [9.17, 15) is 0 Å². The number of hydrogen-bond acceptors (Lipinski definition) is 3. The Balaban J connectivity index is 1.30. The highest BCUT2D eigenvalue weighted by Crippen LogP contribution is 2.47. The molecule has 0 N–H and O–H groups in total. The van der Waals surface area contributed by atoms with Gasteiger partial charge in [-0.3, -0.25) is 0 Å². The molecule has 11 rings (SSSR count). The molecule has 11 aromatic rings. The van der Waals surface area contributed by atoms with Gasteiger partial charge in [0.2, 0.25) is 0 Å². The monoisotopic (exact) mass is 731 g/mol. The second kappa shape index (κ2) is 13.3. The standard InChI is InChI=1S/C52H33N3S/c1-5-17-34(18-6-1)38-31-42(35-19-7-2-8-20-35)49-41-26-13-15-27-45(41)55(47(49)32-38)46-30-29-40-39-25-14-16-28-48(39)56-51(40)50(46)52-53-43(36-21-9-3-10-22-36)33-44(54-52)37-23-11-4-12-24-37/h1-33H. The summed E-state index contributed by atoms with van der Waals surface area (Å²) in [7, 11) is 0. The number of aromatic nitrogens is 3. The highest BCUT2D eigenvalue weighted by atomic mass is 32.1. The SMILES string of the molecule is c1ccc(-c2cc(-c3ccccc3)c3c4ccccc4n(-c4ccc5c(sc6ccccc65)c4-c4nc(-c5ccccc5)cc(-c5ccccc5)n4)c3c2)cc1. The summed E-state index contributed by atoms with van der Waals surface area (Å²) >= 11 is 1.82. The Morgan fingerprint density at radius 2 is 0.946 bits per heavy atom. The van der Waals surface area contributed by atoms with Crippen molar-refractivity contribution in [2.24, 2.45) is 0 Å². The zero-order chi connectivity index (χ0) is 37.0. The number of rotatable bonds is 6. The molecule has 0 aliphatic rings. The number of para-hydroxylation sites is 1. The minimum atomic E-state index is 0.700. The number of nitrogens with zero attached hydrogens (tertiary/aromatic N) is 3. The summed E-state index contributed by atoms with van der Waals surface area (Å²) < 4.78 is 4.87. The third kappa shape index (κ3) is 5.34. The molecule has 0 aliphatic heterocycles. The second-order valence-electron chi connectivity index (χ2n) is 14.1. The first kappa shape index (κ1) is 32.3. The smallest absolute Gasteiger partial charge is 0.163 e. The summed E-state index contributed by atoms with van der Waals surface area (Å²) in [5, 5.41) is 4.86.